The van der Waals surface area contributed by atoms with Crippen LogP contribution in [0.4, 0.5) is 4.79 Å². The monoisotopic (exact) mass is 441 g/mol. The van der Waals surface area contributed by atoms with Crippen LogP contribution >= 0.6 is 0 Å². The number of carbonyl (C=O) groups excluding carboxylic acids is 1. The van der Waals surface area contributed by atoms with Gasteiger partial charge in [0.2, 0.25) is 0 Å². The van der Waals surface area contributed by atoms with Gasteiger partial charge in [-0.1, -0.05) is 36.8 Å². The Hall–Kier alpha value is -1.59. The van der Waals surface area contributed by atoms with Gasteiger partial charge in [0.25, 0.3) is 0 Å². The number of carbonyl (C=O) groups is 1. The molecule has 3 heterocycles. The van der Waals surface area contributed by atoms with E-state index in [0.29, 0.717) is 6.61 Å². The zero-order valence-corrected chi connectivity index (χ0v) is 19.9. The van der Waals surface area contributed by atoms with E-state index in [2.05, 4.69) is 9.80 Å². The van der Waals surface area contributed by atoms with Crippen molar-refractivity contribution in [2.24, 2.45) is 11.8 Å². The number of likely N-dealkylation sites (tertiary alicyclic amines) is 3. The van der Waals surface area contributed by atoms with Gasteiger partial charge in [-0.15, -0.1) is 0 Å². The Morgan fingerprint density at radius 3 is 1.94 bits per heavy atom. The van der Waals surface area contributed by atoms with Crippen LogP contribution in [0.25, 0.3) is 0 Å². The lowest BCUT2D eigenvalue weighted by Gasteiger charge is -2.36. The Labute approximate surface area is 195 Å². The molecule has 5 heteroatoms. The van der Waals surface area contributed by atoms with E-state index in [-0.39, 0.29) is 6.09 Å². The molecule has 0 saturated carbocycles. The minimum absolute atomic E-state index is 0.154. The standard InChI is InChI=1S/C27H43N3O2/c31-27(32-23-26-7-3-1-4-8-26)30-21-13-25(14-22-30)12-20-29-18-10-24(11-19-29)9-17-28-15-5-2-6-16-28/h1,3-4,7-8,24-25H,2,5-6,9-23H2. The van der Waals surface area contributed by atoms with Crippen molar-refractivity contribution >= 4 is 6.09 Å². The molecule has 1 aromatic rings. The highest BCUT2D eigenvalue weighted by atomic mass is 16.6. The molecule has 0 atom stereocenters. The molecule has 0 spiro atoms. The van der Waals surface area contributed by atoms with Crippen molar-refractivity contribution in [3.05, 3.63) is 35.9 Å². The maximum absolute atomic E-state index is 12.4. The van der Waals surface area contributed by atoms with Crippen molar-refractivity contribution < 1.29 is 9.53 Å². The molecule has 0 radical (unpaired) electrons. The summed E-state index contributed by atoms with van der Waals surface area (Å²) in [5.74, 6) is 1.70. The number of amides is 1. The number of nitrogens with zero attached hydrogens (tertiary/aromatic N) is 3. The molecule has 3 fully saturated rings. The van der Waals surface area contributed by atoms with Crippen LogP contribution in [0.2, 0.25) is 0 Å². The first-order chi connectivity index (χ1) is 15.8. The molecule has 178 valence electrons. The van der Waals surface area contributed by atoms with Crippen molar-refractivity contribution in [3.63, 3.8) is 0 Å². The average molecular weight is 442 g/mol. The summed E-state index contributed by atoms with van der Waals surface area (Å²) in [4.78, 5) is 19.6. The van der Waals surface area contributed by atoms with E-state index in [1.807, 2.05) is 35.2 Å². The van der Waals surface area contributed by atoms with Gasteiger partial charge in [0, 0.05) is 13.1 Å². The SMILES string of the molecule is O=C(OCc1ccccc1)N1CCC(CCN2CCC(CCN3CCCCC3)CC2)CC1. The minimum Gasteiger partial charge on any atom is -0.445 e. The molecule has 4 rings (SSSR count). The topological polar surface area (TPSA) is 36.0 Å². The number of piperidine rings is 3. The van der Waals surface area contributed by atoms with E-state index >= 15 is 0 Å². The zero-order chi connectivity index (χ0) is 22.0. The Morgan fingerprint density at radius 1 is 0.750 bits per heavy atom. The molecule has 3 saturated heterocycles. The molecule has 0 bridgehead atoms. The van der Waals surface area contributed by atoms with Gasteiger partial charge in [-0.2, -0.15) is 0 Å². The molecule has 1 amide bonds. The molecule has 5 nitrogen and oxygen atoms in total. The van der Waals surface area contributed by atoms with Crippen molar-refractivity contribution in [3.8, 4) is 0 Å². The van der Waals surface area contributed by atoms with Gasteiger partial charge in [-0.05, 0) is 108 Å². The molecule has 0 unspecified atom stereocenters. The Kier molecular flexibility index (Phi) is 9.28. The van der Waals surface area contributed by atoms with Crippen LogP contribution in [-0.2, 0) is 11.3 Å². The first-order valence-electron chi connectivity index (χ1n) is 13.2. The number of rotatable bonds is 8. The fourth-order valence-electron chi connectivity index (χ4n) is 5.63. The maximum atomic E-state index is 12.4. The van der Waals surface area contributed by atoms with Gasteiger partial charge in [0.05, 0.1) is 0 Å². The van der Waals surface area contributed by atoms with Gasteiger partial charge in [-0.3, -0.25) is 0 Å². The average Bonchev–Trinajstić information content (AvgIpc) is 2.87. The Balaban J connectivity index is 1.05. The molecular weight excluding hydrogens is 398 g/mol. The largest absolute Gasteiger partial charge is 0.445 e. The molecule has 32 heavy (non-hydrogen) atoms. The van der Waals surface area contributed by atoms with Crippen molar-refractivity contribution in [2.75, 3.05) is 52.4 Å². The van der Waals surface area contributed by atoms with Crippen LogP contribution in [0.3, 0.4) is 0 Å². The Morgan fingerprint density at radius 2 is 1.31 bits per heavy atom. The van der Waals surface area contributed by atoms with E-state index in [9.17, 15) is 4.79 Å². The van der Waals surface area contributed by atoms with Crippen LogP contribution in [0, 0.1) is 11.8 Å². The summed E-state index contributed by atoms with van der Waals surface area (Å²) < 4.78 is 5.50. The third-order valence-electron chi connectivity index (χ3n) is 7.94. The van der Waals surface area contributed by atoms with Gasteiger partial charge >= 0.3 is 6.09 Å². The second-order valence-electron chi connectivity index (χ2n) is 10.2. The summed E-state index contributed by atoms with van der Waals surface area (Å²) in [6.07, 6.45) is 11.8. The highest BCUT2D eigenvalue weighted by molar-refractivity contribution is 5.67. The van der Waals surface area contributed by atoms with E-state index < -0.39 is 0 Å². The molecule has 1 aromatic carbocycles. The lowest BCUT2D eigenvalue weighted by Crippen LogP contribution is -2.40. The third-order valence-corrected chi connectivity index (χ3v) is 7.94. The molecule has 0 N–H and O–H groups in total. The molecule has 0 aromatic heterocycles. The number of benzene rings is 1. The fraction of sp³-hybridized carbons (Fsp3) is 0.741. The summed E-state index contributed by atoms with van der Waals surface area (Å²) in [6.45, 7) is 9.87. The summed E-state index contributed by atoms with van der Waals surface area (Å²) in [7, 11) is 0. The summed E-state index contributed by atoms with van der Waals surface area (Å²) in [5.41, 5.74) is 1.05. The van der Waals surface area contributed by atoms with Gasteiger partial charge < -0.3 is 19.4 Å². The highest BCUT2D eigenvalue weighted by Gasteiger charge is 2.25. The van der Waals surface area contributed by atoms with Crippen molar-refractivity contribution in [2.45, 2.75) is 64.4 Å². The molecule has 3 aliphatic heterocycles. The predicted molar refractivity (Wildman–Crippen MR) is 130 cm³/mol. The zero-order valence-electron chi connectivity index (χ0n) is 19.9. The van der Waals surface area contributed by atoms with Crippen LogP contribution in [0.15, 0.2) is 30.3 Å². The maximum Gasteiger partial charge on any atom is 0.410 e. The minimum atomic E-state index is -0.154. The fourth-order valence-corrected chi connectivity index (χ4v) is 5.63. The number of ether oxygens (including phenoxy) is 1. The van der Waals surface area contributed by atoms with Crippen LogP contribution in [0.5, 0.6) is 0 Å². The lowest BCUT2D eigenvalue weighted by molar-refractivity contribution is 0.0790. The number of hydrogen-bond donors (Lipinski definition) is 0. The van der Waals surface area contributed by atoms with E-state index in [0.717, 1.165) is 43.3 Å². The third kappa shape index (κ3) is 7.48. The quantitative estimate of drug-likeness (QED) is 0.568. The summed E-state index contributed by atoms with van der Waals surface area (Å²) in [6, 6.07) is 9.93. The Bertz CT molecular complexity index is 661. The first kappa shape index (κ1) is 23.6. The van der Waals surface area contributed by atoms with Crippen LogP contribution in [0.1, 0.15) is 63.4 Å². The molecular formula is C27H43N3O2. The van der Waals surface area contributed by atoms with E-state index in [1.54, 1.807) is 0 Å². The van der Waals surface area contributed by atoms with Crippen molar-refractivity contribution in [1.29, 1.82) is 0 Å². The molecule has 0 aliphatic carbocycles. The number of hydrogen-bond acceptors (Lipinski definition) is 4. The van der Waals surface area contributed by atoms with Crippen LogP contribution in [-0.4, -0.2) is 73.2 Å². The summed E-state index contributed by atoms with van der Waals surface area (Å²) >= 11 is 0. The van der Waals surface area contributed by atoms with E-state index in [1.165, 1.54) is 84.2 Å². The summed E-state index contributed by atoms with van der Waals surface area (Å²) in [5, 5.41) is 0. The van der Waals surface area contributed by atoms with Crippen LogP contribution < -0.4 is 0 Å². The predicted octanol–water partition coefficient (Wildman–Crippen LogP) is 5.01. The molecule has 3 aliphatic rings. The smallest absolute Gasteiger partial charge is 0.410 e. The van der Waals surface area contributed by atoms with Gasteiger partial charge in [-0.25, -0.2) is 4.79 Å². The first-order valence-corrected chi connectivity index (χ1v) is 13.2. The van der Waals surface area contributed by atoms with Gasteiger partial charge in [0.1, 0.15) is 6.61 Å². The van der Waals surface area contributed by atoms with Crippen molar-refractivity contribution in [1.82, 2.24) is 14.7 Å². The van der Waals surface area contributed by atoms with E-state index in [4.69, 9.17) is 4.74 Å². The normalized spacial score (nSPS) is 22.2. The lowest BCUT2D eigenvalue weighted by atomic mass is 9.91. The second kappa shape index (κ2) is 12.6. The second-order valence-corrected chi connectivity index (χ2v) is 10.2. The highest BCUT2D eigenvalue weighted by Crippen LogP contribution is 2.25. The van der Waals surface area contributed by atoms with Gasteiger partial charge in [0.15, 0.2) is 0 Å².